The van der Waals surface area contributed by atoms with Crippen molar-refractivity contribution in [1.82, 2.24) is 10.1 Å². The fourth-order valence-electron chi connectivity index (χ4n) is 1.31. The van der Waals surface area contributed by atoms with Crippen LogP contribution in [0.4, 0.5) is 0 Å². The van der Waals surface area contributed by atoms with E-state index in [0.717, 1.165) is 5.56 Å². The van der Waals surface area contributed by atoms with E-state index in [1.165, 1.54) is 5.56 Å². The molecule has 0 aliphatic carbocycles. The fraction of sp³-hybridized carbons (Fsp3) is 0.273. The molecule has 2 rings (SSSR count). The number of rotatable bonds is 3. The Morgan fingerprint density at radius 3 is 2.60 bits per heavy atom. The zero-order valence-electron chi connectivity index (χ0n) is 8.47. The SMILES string of the molecule is Cc1ccc(Cc2noc(CO)n2)cc1. The summed E-state index contributed by atoms with van der Waals surface area (Å²) in [5.41, 5.74) is 2.36. The van der Waals surface area contributed by atoms with Crippen molar-refractivity contribution in [3.8, 4) is 0 Å². The summed E-state index contributed by atoms with van der Waals surface area (Å²) in [5, 5.41) is 12.5. The van der Waals surface area contributed by atoms with Crippen molar-refractivity contribution >= 4 is 0 Å². The number of aliphatic hydroxyl groups excluding tert-OH is 1. The molecular weight excluding hydrogens is 192 g/mol. The Hall–Kier alpha value is -1.68. The van der Waals surface area contributed by atoms with E-state index in [1.54, 1.807) is 0 Å². The molecule has 0 fully saturated rings. The Labute approximate surface area is 87.6 Å². The van der Waals surface area contributed by atoms with Crippen LogP contribution in [0.25, 0.3) is 0 Å². The molecule has 0 aliphatic rings. The van der Waals surface area contributed by atoms with E-state index < -0.39 is 0 Å². The number of aromatic nitrogens is 2. The van der Waals surface area contributed by atoms with E-state index in [9.17, 15) is 0 Å². The van der Waals surface area contributed by atoms with Crippen molar-refractivity contribution in [2.75, 3.05) is 0 Å². The van der Waals surface area contributed by atoms with Crippen molar-refractivity contribution in [3.05, 3.63) is 47.1 Å². The first-order chi connectivity index (χ1) is 7.28. The minimum Gasteiger partial charge on any atom is -0.387 e. The van der Waals surface area contributed by atoms with Crippen LogP contribution in [0, 0.1) is 6.92 Å². The molecule has 1 aromatic carbocycles. The van der Waals surface area contributed by atoms with E-state index in [-0.39, 0.29) is 12.5 Å². The lowest BCUT2D eigenvalue weighted by Gasteiger charge is -1.96. The standard InChI is InChI=1S/C11H12N2O2/c1-8-2-4-9(5-3-8)6-10-12-11(7-14)15-13-10/h2-5,14H,6-7H2,1H3. The highest BCUT2D eigenvalue weighted by Crippen LogP contribution is 2.08. The van der Waals surface area contributed by atoms with Gasteiger partial charge in [0.2, 0.25) is 0 Å². The van der Waals surface area contributed by atoms with Gasteiger partial charge in [0.25, 0.3) is 5.89 Å². The van der Waals surface area contributed by atoms with E-state index in [4.69, 9.17) is 9.63 Å². The summed E-state index contributed by atoms with van der Waals surface area (Å²) in [6, 6.07) is 8.15. The number of aryl methyl sites for hydroxylation is 1. The van der Waals surface area contributed by atoms with Crippen LogP contribution in [0.15, 0.2) is 28.8 Å². The average Bonchev–Trinajstić information content (AvgIpc) is 2.69. The molecule has 1 N–H and O–H groups in total. The third-order valence-electron chi connectivity index (χ3n) is 2.13. The van der Waals surface area contributed by atoms with Gasteiger partial charge in [-0.05, 0) is 12.5 Å². The smallest absolute Gasteiger partial charge is 0.252 e. The van der Waals surface area contributed by atoms with Gasteiger partial charge in [0.05, 0.1) is 0 Å². The molecule has 0 saturated carbocycles. The topological polar surface area (TPSA) is 59.2 Å². The van der Waals surface area contributed by atoms with Crippen molar-refractivity contribution in [3.63, 3.8) is 0 Å². The summed E-state index contributed by atoms with van der Waals surface area (Å²) >= 11 is 0. The molecule has 0 bridgehead atoms. The molecule has 4 nitrogen and oxygen atoms in total. The maximum atomic E-state index is 8.76. The van der Waals surface area contributed by atoms with Crippen molar-refractivity contribution in [1.29, 1.82) is 0 Å². The van der Waals surface area contributed by atoms with E-state index in [2.05, 4.69) is 10.1 Å². The van der Waals surface area contributed by atoms with E-state index >= 15 is 0 Å². The summed E-state index contributed by atoms with van der Waals surface area (Å²) in [5.74, 6) is 0.861. The number of aliphatic hydroxyl groups is 1. The molecule has 0 unspecified atom stereocenters. The summed E-state index contributed by atoms with van der Waals surface area (Å²) in [7, 11) is 0. The zero-order chi connectivity index (χ0) is 10.7. The lowest BCUT2D eigenvalue weighted by atomic mass is 10.1. The number of hydrogen-bond donors (Lipinski definition) is 1. The minimum absolute atomic E-state index is 0.207. The highest BCUT2D eigenvalue weighted by molar-refractivity contribution is 5.23. The molecule has 78 valence electrons. The normalized spacial score (nSPS) is 10.5. The van der Waals surface area contributed by atoms with Crippen LogP contribution in [0.5, 0.6) is 0 Å². The van der Waals surface area contributed by atoms with Crippen LogP contribution in [-0.2, 0) is 13.0 Å². The highest BCUT2D eigenvalue weighted by Gasteiger charge is 2.05. The van der Waals surface area contributed by atoms with Gasteiger partial charge >= 0.3 is 0 Å². The Kier molecular flexibility index (Phi) is 2.78. The van der Waals surface area contributed by atoms with Gasteiger partial charge in [-0.1, -0.05) is 35.0 Å². The molecule has 0 aliphatic heterocycles. The molecule has 4 heteroatoms. The van der Waals surface area contributed by atoms with Crippen molar-refractivity contribution in [2.24, 2.45) is 0 Å². The van der Waals surface area contributed by atoms with Gasteiger partial charge in [0, 0.05) is 6.42 Å². The Morgan fingerprint density at radius 1 is 1.27 bits per heavy atom. The molecule has 0 spiro atoms. The first-order valence-electron chi connectivity index (χ1n) is 4.76. The second-order valence-corrected chi connectivity index (χ2v) is 3.42. The predicted octanol–water partition coefficient (Wildman–Crippen LogP) is 1.46. The summed E-state index contributed by atoms with van der Waals surface area (Å²) in [4.78, 5) is 4.02. The maximum Gasteiger partial charge on any atom is 0.252 e. The van der Waals surface area contributed by atoms with Crippen LogP contribution in [-0.4, -0.2) is 15.2 Å². The van der Waals surface area contributed by atoms with Gasteiger partial charge < -0.3 is 9.63 Å². The van der Waals surface area contributed by atoms with E-state index in [0.29, 0.717) is 12.2 Å². The largest absolute Gasteiger partial charge is 0.387 e. The van der Waals surface area contributed by atoms with Crippen LogP contribution in [0.3, 0.4) is 0 Å². The zero-order valence-corrected chi connectivity index (χ0v) is 8.47. The Bertz CT molecular complexity index is 434. The third-order valence-corrected chi connectivity index (χ3v) is 2.13. The summed E-state index contributed by atoms with van der Waals surface area (Å²) in [6.45, 7) is 1.84. The van der Waals surface area contributed by atoms with E-state index in [1.807, 2.05) is 31.2 Å². The molecule has 0 atom stereocenters. The maximum absolute atomic E-state index is 8.76. The second kappa shape index (κ2) is 4.23. The highest BCUT2D eigenvalue weighted by atomic mass is 16.5. The molecule has 1 aromatic heterocycles. The predicted molar refractivity (Wildman–Crippen MR) is 54.2 cm³/mol. The van der Waals surface area contributed by atoms with Gasteiger partial charge in [-0.2, -0.15) is 4.98 Å². The average molecular weight is 204 g/mol. The van der Waals surface area contributed by atoms with Gasteiger partial charge in [-0.25, -0.2) is 0 Å². The molecule has 0 radical (unpaired) electrons. The molecule has 2 aromatic rings. The molecule has 15 heavy (non-hydrogen) atoms. The molecular formula is C11H12N2O2. The van der Waals surface area contributed by atoms with Gasteiger partial charge in [-0.15, -0.1) is 0 Å². The summed E-state index contributed by atoms with van der Waals surface area (Å²) in [6.07, 6.45) is 0.629. The van der Waals surface area contributed by atoms with Crippen LogP contribution >= 0.6 is 0 Å². The monoisotopic (exact) mass is 204 g/mol. The quantitative estimate of drug-likeness (QED) is 0.822. The van der Waals surface area contributed by atoms with Crippen molar-refractivity contribution in [2.45, 2.75) is 20.0 Å². The number of benzene rings is 1. The van der Waals surface area contributed by atoms with Gasteiger partial charge in [0.1, 0.15) is 6.61 Å². The van der Waals surface area contributed by atoms with Crippen LogP contribution < -0.4 is 0 Å². The van der Waals surface area contributed by atoms with Gasteiger partial charge in [0.15, 0.2) is 5.82 Å². The number of nitrogens with zero attached hydrogens (tertiary/aromatic N) is 2. The minimum atomic E-state index is -0.207. The molecule has 0 saturated heterocycles. The van der Waals surface area contributed by atoms with Gasteiger partial charge in [-0.3, -0.25) is 0 Å². The van der Waals surface area contributed by atoms with Crippen molar-refractivity contribution < 1.29 is 9.63 Å². The first kappa shape index (κ1) is 9.86. The first-order valence-corrected chi connectivity index (χ1v) is 4.76. The molecule has 0 amide bonds. The Balaban J connectivity index is 2.11. The fourth-order valence-corrected chi connectivity index (χ4v) is 1.31. The second-order valence-electron chi connectivity index (χ2n) is 3.42. The Morgan fingerprint density at radius 2 is 2.00 bits per heavy atom. The van der Waals surface area contributed by atoms with Crippen LogP contribution in [0.2, 0.25) is 0 Å². The third kappa shape index (κ3) is 2.41. The lowest BCUT2D eigenvalue weighted by molar-refractivity contribution is 0.222. The van der Waals surface area contributed by atoms with Crippen LogP contribution in [0.1, 0.15) is 22.8 Å². The lowest BCUT2D eigenvalue weighted by Crippen LogP contribution is -1.91. The summed E-state index contributed by atoms with van der Waals surface area (Å²) < 4.78 is 4.80. The molecule has 1 heterocycles. The number of hydrogen-bond acceptors (Lipinski definition) is 4.